The summed E-state index contributed by atoms with van der Waals surface area (Å²) in [6.07, 6.45) is 5.02. The monoisotopic (exact) mass is 404 g/mol. The number of nitrogens with one attached hydrogen (secondary N) is 1. The first-order valence-electron chi connectivity index (χ1n) is 9.55. The van der Waals surface area contributed by atoms with Gasteiger partial charge in [0.2, 0.25) is 0 Å². The van der Waals surface area contributed by atoms with E-state index >= 15 is 0 Å². The van der Waals surface area contributed by atoms with E-state index in [9.17, 15) is 4.79 Å². The van der Waals surface area contributed by atoms with Gasteiger partial charge in [-0.05, 0) is 43.5 Å². The molecule has 1 amide bonds. The zero-order valence-corrected chi connectivity index (χ0v) is 16.8. The predicted molar refractivity (Wildman–Crippen MR) is 115 cm³/mol. The number of aromatic nitrogens is 3. The minimum atomic E-state index is -0.170. The molecule has 0 aliphatic carbocycles. The molecule has 146 valence electrons. The molecule has 29 heavy (non-hydrogen) atoms. The van der Waals surface area contributed by atoms with E-state index in [-0.39, 0.29) is 11.9 Å². The number of carbonyl (C=O) groups excluding carboxylic acids is 1. The Labute approximate surface area is 174 Å². The molecule has 0 fully saturated rings. The Hall–Kier alpha value is -3.18. The Morgan fingerprint density at radius 3 is 2.76 bits per heavy atom. The molecule has 4 aromatic rings. The highest BCUT2D eigenvalue weighted by molar-refractivity contribution is 6.30. The number of nitrogens with zero attached hydrogens (tertiary/aromatic N) is 3. The van der Waals surface area contributed by atoms with Crippen molar-refractivity contribution in [2.45, 2.75) is 25.8 Å². The zero-order chi connectivity index (χ0) is 20.2. The number of rotatable bonds is 6. The molecule has 0 spiro atoms. The van der Waals surface area contributed by atoms with Crippen molar-refractivity contribution >= 4 is 23.2 Å². The second-order valence-corrected chi connectivity index (χ2v) is 7.47. The number of hydrogen-bond donors (Lipinski definition) is 1. The summed E-state index contributed by atoms with van der Waals surface area (Å²) in [6.45, 7) is 2.01. The van der Waals surface area contributed by atoms with Crippen molar-refractivity contribution in [1.82, 2.24) is 19.9 Å². The maximum absolute atomic E-state index is 12.8. The molecule has 0 saturated carbocycles. The summed E-state index contributed by atoms with van der Waals surface area (Å²) in [5.74, 6) is -0.170. The molecule has 0 unspecified atom stereocenters. The predicted octanol–water partition coefficient (Wildman–Crippen LogP) is 4.80. The lowest BCUT2D eigenvalue weighted by molar-refractivity contribution is 0.0940. The number of benzene rings is 2. The Balaban J connectivity index is 1.52. The smallest absolute Gasteiger partial charge is 0.256 e. The van der Waals surface area contributed by atoms with Crippen LogP contribution in [0.2, 0.25) is 5.02 Å². The van der Waals surface area contributed by atoms with Gasteiger partial charge in [-0.3, -0.25) is 4.79 Å². The average Bonchev–Trinajstić information content (AvgIpc) is 3.17. The van der Waals surface area contributed by atoms with Gasteiger partial charge in [0.25, 0.3) is 5.91 Å². The third-order valence-electron chi connectivity index (χ3n) is 4.85. The number of amides is 1. The van der Waals surface area contributed by atoms with Crippen LogP contribution >= 0.6 is 11.6 Å². The number of halogens is 1. The van der Waals surface area contributed by atoms with E-state index in [1.807, 2.05) is 55.5 Å². The van der Waals surface area contributed by atoms with Crippen LogP contribution in [0.3, 0.4) is 0 Å². The largest absolute Gasteiger partial charge is 0.349 e. The molecule has 0 bridgehead atoms. The Morgan fingerprint density at radius 2 is 1.97 bits per heavy atom. The Morgan fingerprint density at radius 1 is 1.14 bits per heavy atom. The molecule has 0 saturated heterocycles. The third-order valence-corrected chi connectivity index (χ3v) is 5.09. The van der Waals surface area contributed by atoms with Crippen molar-refractivity contribution in [2.24, 2.45) is 0 Å². The van der Waals surface area contributed by atoms with Gasteiger partial charge in [-0.15, -0.1) is 0 Å². The average molecular weight is 405 g/mol. The van der Waals surface area contributed by atoms with Gasteiger partial charge in [-0.25, -0.2) is 9.50 Å². The van der Waals surface area contributed by atoms with Gasteiger partial charge in [-0.1, -0.05) is 54.1 Å². The zero-order valence-electron chi connectivity index (χ0n) is 16.0. The summed E-state index contributed by atoms with van der Waals surface area (Å²) in [4.78, 5) is 17.2. The highest BCUT2D eigenvalue weighted by atomic mass is 35.5. The third kappa shape index (κ3) is 4.30. The van der Waals surface area contributed by atoms with Crippen LogP contribution in [0.4, 0.5) is 0 Å². The van der Waals surface area contributed by atoms with Gasteiger partial charge >= 0.3 is 0 Å². The molecule has 0 aliphatic heterocycles. The fourth-order valence-electron chi connectivity index (χ4n) is 3.32. The molecule has 1 N–H and O–H groups in total. The molecule has 0 radical (unpaired) electrons. The normalized spacial score (nSPS) is 12.1. The van der Waals surface area contributed by atoms with Crippen LogP contribution in [0.25, 0.3) is 16.9 Å². The van der Waals surface area contributed by atoms with E-state index in [4.69, 9.17) is 11.6 Å². The van der Waals surface area contributed by atoms with Crippen LogP contribution in [-0.2, 0) is 6.42 Å². The van der Waals surface area contributed by atoms with Crippen LogP contribution in [0, 0.1) is 0 Å². The molecule has 2 heterocycles. The van der Waals surface area contributed by atoms with Crippen molar-refractivity contribution in [1.29, 1.82) is 0 Å². The summed E-state index contributed by atoms with van der Waals surface area (Å²) in [6, 6.07) is 19.7. The molecular weight excluding hydrogens is 384 g/mol. The number of fused-ring (bicyclic) bond motifs is 1. The van der Waals surface area contributed by atoms with Crippen LogP contribution < -0.4 is 5.32 Å². The van der Waals surface area contributed by atoms with Gasteiger partial charge in [0, 0.05) is 22.8 Å². The molecule has 0 aliphatic rings. The van der Waals surface area contributed by atoms with Crippen LogP contribution in [0.5, 0.6) is 0 Å². The minimum Gasteiger partial charge on any atom is -0.349 e. The van der Waals surface area contributed by atoms with Gasteiger partial charge < -0.3 is 5.32 Å². The van der Waals surface area contributed by atoms with E-state index in [2.05, 4.69) is 27.5 Å². The SMILES string of the molecule is C[C@H](CCc1ccccc1)NC(=O)c1cnn2c(-c3cccc(Cl)c3)ccnc12. The van der Waals surface area contributed by atoms with Crippen molar-refractivity contribution in [3.8, 4) is 11.3 Å². The van der Waals surface area contributed by atoms with Crippen LogP contribution in [-0.4, -0.2) is 26.5 Å². The summed E-state index contributed by atoms with van der Waals surface area (Å²) < 4.78 is 1.68. The highest BCUT2D eigenvalue weighted by Gasteiger charge is 2.18. The van der Waals surface area contributed by atoms with Crippen molar-refractivity contribution in [3.05, 3.63) is 89.2 Å². The topological polar surface area (TPSA) is 59.3 Å². The number of aryl methyl sites for hydroxylation is 1. The second-order valence-electron chi connectivity index (χ2n) is 7.03. The van der Waals surface area contributed by atoms with Crippen LogP contribution in [0.15, 0.2) is 73.1 Å². The number of hydrogen-bond acceptors (Lipinski definition) is 3. The fourth-order valence-corrected chi connectivity index (χ4v) is 3.51. The Kier molecular flexibility index (Phi) is 5.58. The lowest BCUT2D eigenvalue weighted by Gasteiger charge is -2.13. The number of carbonyl (C=O) groups is 1. The molecular formula is C23H21ClN4O. The molecule has 1 atom stereocenters. The highest BCUT2D eigenvalue weighted by Crippen LogP contribution is 2.23. The van der Waals surface area contributed by atoms with Gasteiger partial charge in [0.05, 0.1) is 11.9 Å². The molecule has 2 aromatic heterocycles. The molecule has 5 nitrogen and oxygen atoms in total. The van der Waals surface area contributed by atoms with E-state index in [1.54, 1.807) is 16.9 Å². The maximum Gasteiger partial charge on any atom is 0.256 e. The fraction of sp³-hybridized carbons (Fsp3) is 0.174. The van der Waals surface area contributed by atoms with Crippen molar-refractivity contribution < 1.29 is 4.79 Å². The molecule has 6 heteroatoms. The van der Waals surface area contributed by atoms with Gasteiger partial charge in [-0.2, -0.15) is 5.10 Å². The lowest BCUT2D eigenvalue weighted by atomic mass is 10.1. The second kappa shape index (κ2) is 8.45. The van der Waals surface area contributed by atoms with Crippen molar-refractivity contribution in [2.75, 3.05) is 0 Å². The first kappa shape index (κ1) is 19.2. The lowest BCUT2D eigenvalue weighted by Crippen LogP contribution is -2.32. The van der Waals surface area contributed by atoms with Gasteiger partial charge in [0.1, 0.15) is 5.56 Å². The standard InChI is InChI=1S/C23H21ClN4O/c1-16(10-11-17-6-3-2-4-7-17)27-23(29)20-15-26-28-21(12-13-25-22(20)28)18-8-5-9-19(24)14-18/h2-9,12-16H,10-11H2,1H3,(H,27,29)/t16-/m1/s1. The minimum absolute atomic E-state index is 0.0359. The van der Waals surface area contributed by atoms with E-state index in [0.29, 0.717) is 16.2 Å². The summed E-state index contributed by atoms with van der Waals surface area (Å²) >= 11 is 6.12. The summed E-state index contributed by atoms with van der Waals surface area (Å²) in [5, 5.41) is 8.10. The summed E-state index contributed by atoms with van der Waals surface area (Å²) in [5.41, 5.74) is 3.98. The summed E-state index contributed by atoms with van der Waals surface area (Å²) in [7, 11) is 0. The van der Waals surface area contributed by atoms with Crippen LogP contribution in [0.1, 0.15) is 29.3 Å². The molecule has 2 aromatic carbocycles. The first-order valence-corrected chi connectivity index (χ1v) is 9.93. The van der Waals surface area contributed by atoms with Gasteiger partial charge in [0.15, 0.2) is 5.65 Å². The maximum atomic E-state index is 12.8. The van der Waals surface area contributed by atoms with E-state index in [0.717, 1.165) is 24.1 Å². The molecule has 4 rings (SSSR count). The first-order chi connectivity index (χ1) is 14.1. The van der Waals surface area contributed by atoms with E-state index < -0.39 is 0 Å². The quantitative estimate of drug-likeness (QED) is 0.502. The van der Waals surface area contributed by atoms with Crippen molar-refractivity contribution in [3.63, 3.8) is 0 Å². The van der Waals surface area contributed by atoms with E-state index in [1.165, 1.54) is 5.56 Å². The Bertz CT molecular complexity index is 1140.